The summed E-state index contributed by atoms with van der Waals surface area (Å²) in [5, 5.41) is 13.2. The molecule has 0 saturated carbocycles. The molecule has 1 N–H and O–H groups in total. The highest BCUT2D eigenvalue weighted by Crippen LogP contribution is 2.28. The molecule has 0 aliphatic heterocycles. The molecule has 0 aliphatic carbocycles. The van der Waals surface area contributed by atoms with Crippen LogP contribution in [0.3, 0.4) is 0 Å². The number of carbonyl (C=O) groups excluding carboxylic acids is 1. The maximum Gasteiger partial charge on any atom is 0.261 e. The molecule has 0 bridgehead atoms. The highest BCUT2D eigenvalue weighted by molar-refractivity contribution is 6.36. The van der Waals surface area contributed by atoms with E-state index in [2.05, 4.69) is 20.5 Å². The summed E-state index contributed by atoms with van der Waals surface area (Å²) < 4.78 is 3.46. The van der Waals surface area contributed by atoms with E-state index in [0.29, 0.717) is 39.2 Å². The van der Waals surface area contributed by atoms with Crippen LogP contribution in [0.15, 0.2) is 60.9 Å². The molecule has 9 heteroatoms. The standard InChI is InChI=1S/C26H22Cl2N6O/c1-15-7-9-18(10-8-15)23-11-12-29-25-19(13-30-34(23)25)26(35)31-24-16(2)32-33(17(24)3)14-20-21(27)5-4-6-22(20)28/h4-13H,14H2,1-3H3,(H,31,35). The first-order valence-corrected chi connectivity index (χ1v) is 11.8. The first-order chi connectivity index (χ1) is 16.8. The monoisotopic (exact) mass is 504 g/mol. The van der Waals surface area contributed by atoms with Crippen molar-refractivity contribution in [1.82, 2.24) is 24.4 Å². The number of nitrogens with zero attached hydrogens (tertiary/aromatic N) is 5. The van der Waals surface area contributed by atoms with Gasteiger partial charge in [-0.05, 0) is 39.0 Å². The van der Waals surface area contributed by atoms with Gasteiger partial charge in [-0.2, -0.15) is 10.2 Å². The Morgan fingerprint density at radius 2 is 1.71 bits per heavy atom. The van der Waals surface area contributed by atoms with Crippen LogP contribution in [0, 0.1) is 20.8 Å². The summed E-state index contributed by atoms with van der Waals surface area (Å²) in [7, 11) is 0. The smallest absolute Gasteiger partial charge is 0.261 e. The Bertz CT molecular complexity index is 1550. The predicted molar refractivity (Wildman–Crippen MR) is 138 cm³/mol. The summed E-state index contributed by atoms with van der Waals surface area (Å²) in [5.41, 5.74) is 6.74. The summed E-state index contributed by atoms with van der Waals surface area (Å²) in [6.45, 7) is 6.16. The lowest BCUT2D eigenvalue weighted by molar-refractivity contribution is 0.102. The van der Waals surface area contributed by atoms with Crippen molar-refractivity contribution in [3.63, 3.8) is 0 Å². The van der Waals surface area contributed by atoms with Crippen molar-refractivity contribution >= 4 is 40.4 Å². The quantitative estimate of drug-likeness (QED) is 0.312. The third-order valence-corrected chi connectivity index (χ3v) is 6.69. The number of aryl methyl sites for hydroxylation is 2. The van der Waals surface area contributed by atoms with Crippen LogP contribution in [-0.2, 0) is 6.54 Å². The molecule has 5 rings (SSSR count). The number of carbonyl (C=O) groups is 1. The fraction of sp³-hybridized carbons (Fsp3) is 0.154. The molecule has 0 fully saturated rings. The summed E-state index contributed by atoms with van der Waals surface area (Å²) in [5.74, 6) is -0.310. The summed E-state index contributed by atoms with van der Waals surface area (Å²) in [6, 6.07) is 15.4. The van der Waals surface area contributed by atoms with Gasteiger partial charge in [-0.25, -0.2) is 9.50 Å². The number of anilines is 1. The molecular formula is C26H22Cl2N6O. The number of fused-ring (bicyclic) bond motifs is 1. The van der Waals surface area contributed by atoms with Crippen molar-refractivity contribution in [1.29, 1.82) is 0 Å². The summed E-state index contributed by atoms with van der Waals surface area (Å²) in [6.07, 6.45) is 3.22. The first kappa shape index (κ1) is 23.1. The number of aromatic nitrogens is 5. The summed E-state index contributed by atoms with van der Waals surface area (Å²) >= 11 is 12.7. The average molecular weight is 505 g/mol. The molecule has 0 radical (unpaired) electrons. The Kier molecular flexibility index (Phi) is 6.05. The van der Waals surface area contributed by atoms with Crippen molar-refractivity contribution in [2.75, 3.05) is 5.32 Å². The largest absolute Gasteiger partial charge is 0.319 e. The van der Waals surface area contributed by atoms with Crippen LogP contribution in [0.2, 0.25) is 10.0 Å². The van der Waals surface area contributed by atoms with Gasteiger partial charge in [-0.15, -0.1) is 0 Å². The lowest BCUT2D eigenvalue weighted by Crippen LogP contribution is -2.14. The van der Waals surface area contributed by atoms with Crippen molar-refractivity contribution in [3.8, 4) is 11.3 Å². The molecule has 3 aromatic heterocycles. The van der Waals surface area contributed by atoms with Gasteiger partial charge in [0.1, 0.15) is 5.56 Å². The predicted octanol–water partition coefficient (Wildman–Crippen LogP) is 6.13. The lowest BCUT2D eigenvalue weighted by atomic mass is 10.1. The number of hydrogen-bond acceptors (Lipinski definition) is 4. The van der Waals surface area contributed by atoms with Gasteiger partial charge in [0, 0.05) is 27.4 Å². The SMILES string of the molecule is Cc1ccc(-c2ccnc3c(C(=O)Nc4c(C)nn(Cc5c(Cl)cccc5Cl)c4C)cnn23)cc1. The van der Waals surface area contributed by atoms with Crippen molar-refractivity contribution in [3.05, 3.63) is 99.0 Å². The van der Waals surface area contributed by atoms with Gasteiger partial charge in [0.2, 0.25) is 0 Å². The van der Waals surface area contributed by atoms with E-state index in [9.17, 15) is 4.79 Å². The maximum atomic E-state index is 13.3. The van der Waals surface area contributed by atoms with Gasteiger partial charge in [0.05, 0.1) is 35.5 Å². The number of benzene rings is 2. The number of amides is 1. The second-order valence-corrected chi connectivity index (χ2v) is 9.16. The van der Waals surface area contributed by atoms with Crippen LogP contribution in [0.4, 0.5) is 5.69 Å². The van der Waals surface area contributed by atoms with Gasteiger partial charge in [0.15, 0.2) is 5.65 Å². The highest BCUT2D eigenvalue weighted by atomic mass is 35.5. The van der Waals surface area contributed by atoms with Crippen LogP contribution in [0.25, 0.3) is 16.9 Å². The van der Waals surface area contributed by atoms with E-state index in [1.165, 1.54) is 11.8 Å². The lowest BCUT2D eigenvalue weighted by Gasteiger charge is -2.10. The van der Waals surface area contributed by atoms with E-state index in [1.807, 2.05) is 51.1 Å². The summed E-state index contributed by atoms with van der Waals surface area (Å²) in [4.78, 5) is 17.7. The van der Waals surface area contributed by atoms with Gasteiger partial charge in [-0.1, -0.05) is 59.1 Å². The Hall–Kier alpha value is -3.68. The van der Waals surface area contributed by atoms with Gasteiger partial charge >= 0.3 is 0 Å². The Morgan fingerprint density at radius 1 is 1.00 bits per heavy atom. The Balaban J connectivity index is 1.45. The minimum atomic E-state index is -0.310. The minimum absolute atomic E-state index is 0.310. The molecule has 0 unspecified atom stereocenters. The number of rotatable bonds is 5. The zero-order chi connectivity index (χ0) is 24.7. The van der Waals surface area contributed by atoms with Gasteiger partial charge < -0.3 is 5.32 Å². The fourth-order valence-electron chi connectivity index (χ4n) is 4.04. The molecular weight excluding hydrogens is 483 g/mol. The molecule has 0 atom stereocenters. The van der Waals surface area contributed by atoms with E-state index < -0.39 is 0 Å². The van der Waals surface area contributed by atoms with Crippen LogP contribution >= 0.6 is 23.2 Å². The molecule has 5 aromatic rings. The zero-order valence-electron chi connectivity index (χ0n) is 19.4. The van der Waals surface area contributed by atoms with Crippen molar-refractivity contribution in [2.45, 2.75) is 27.3 Å². The third kappa shape index (κ3) is 4.29. The highest BCUT2D eigenvalue weighted by Gasteiger charge is 2.20. The molecule has 1 amide bonds. The first-order valence-electron chi connectivity index (χ1n) is 11.0. The molecule has 35 heavy (non-hydrogen) atoms. The molecule has 3 heterocycles. The fourth-order valence-corrected chi connectivity index (χ4v) is 4.56. The van der Waals surface area contributed by atoms with Gasteiger partial charge in [-0.3, -0.25) is 9.48 Å². The van der Waals surface area contributed by atoms with E-state index in [4.69, 9.17) is 23.2 Å². The number of nitrogens with one attached hydrogen (secondary N) is 1. The van der Waals surface area contributed by atoms with E-state index in [1.54, 1.807) is 33.6 Å². The molecule has 0 saturated heterocycles. The topological polar surface area (TPSA) is 77.1 Å². The number of hydrogen-bond donors (Lipinski definition) is 1. The normalized spacial score (nSPS) is 11.2. The molecule has 2 aromatic carbocycles. The van der Waals surface area contributed by atoms with Crippen molar-refractivity contribution < 1.29 is 4.79 Å². The maximum absolute atomic E-state index is 13.3. The Labute approximate surface area is 212 Å². The van der Waals surface area contributed by atoms with E-state index in [-0.39, 0.29) is 5.91 Å². The van der Waals surface area contributed by atoms with E-state index in [0.717, 1.165) is 22.5 Å². The van der Waals surface area contributed by atoms with Crippen LogP contribution in [0.5, 0.6) is 0 Å². The van der Waals surface area contributed by atoms with Gasteiger partial charge in [0.25, 0.3) is 5.91 Å². The van der Waals surface area contributed by atoms with E-state index >= 15 is 0 Å². The van der Waals surface area contributed by atoms with Crippen LogP contribution < -0.4 is 5.32 Å². The second-order valence-electron chi connectivity index (χ2n) is 8.35. The second kappa shape index (κ2) is 9.17. The zero-order valence-corrected chi connectivity index (χ0v) is 20.9. The van der Waals surface area contributed by atoms with Crippen LogP contribution in [-0.4, -0.2) is 30.3 Å². The molecule has 176 valence electrons. The van der Waals surface area contributed by atoms with Crippen LogP contribution in [0.1, 0.15) is 32.9 Å². The third-order valence-electron chi connectivity index (χ3n) is 5.98. The average Bonchev–Trinajstić information content (AvgIpc) is 3.39. The molecule has 0 spiro atoms. The van der Waals surface area contributed by atoms with Crippen molar-refractivity contribution in [2.24, 2.45) is 0 Å². The Morgan fingerprint density at radius 3 is 2.43 bits per heavy atom. The molecule has 0 aliphatic rings. The molecule has 7 nitrogen and oxygen atoms in total. The number of halogens is 2. The minimum Gasteiger partial charge on any atom is -0.319 e.